The lowest BCUT2D eigenvalue weighted by Gasteiger charge is -2.32. The van der Waals surface area contributed by atoms with Crippen LogP contribution in [0.25, 0.3) is 87.0 Å². The number of fused-ring (bicyclic) bond motifs is 13. The molecule has 0 spiro atoms. The first-order valence-electron chi connectivity index (χ1n) is 21.1. The summed E-state index contributed by atoms with van der Waals surface area (Å²) in [5, 5.41) is 13.5. The highest BCUT2D eigenvalue weighted by Gasteiger charge is 2.25. The van der Waals surface area contributed by atoms with Gasteiger partial charge in [0, 0.05) is 65.5 Å². The lowest BCUT2D eigenvalue weighted by Crippen LogP contribution is -2.14. The first-order valence-corrected chi connectivity index (χ1v) is 21.1. The Kier molecular flexibility index (Phi) is 7.57. The Morgan fingerprint density at radius 2 is 0.710 bits per heavy atom. The summed E-state index contributed by atoms with van der Waals surface area (Å²) < 4.78 is 13.2. The summed E-state index contributed by atoms with van der Waals surface area (Å²) in [4.78, 5) is 4.85. The molecule has 4 nitrogen and oxygen atoms in total. The van der Waals surface area contributed by atoms with Crippen LogP contribution < -0.4 is 9.80 Å². The Morgan fingerprint density at radius 1 is 0.258 bits per heavy atom. The molecule has 0 saturated heterocycles. The molecule has 0 saturated carbocycles. The van der Waals surface area contributed by atoms with E-state index in [1.54, 1.807) is 0 Å². The first-order chi connectivity index (χ1) is 30.8. The highest BCUT2D eigenvalue weighted by Crippen LogP contribution is 2.50. The second-order valence-electron chi connectivity index (χ2n) is 16.0. The normalized spacial score (nSPS) is 11.9. The van der Waals surface area contributed by atoms with Crippen LogP contribution in [0.4, 0.5) is 34.1 Å². The summed E-state index contributed by atoms with van der Waals surface area (Å²) in [6.07, 6.45) is 0. The average molecular weight is 793 g/mol. The maximum Gasteiger partial charge on any atom is 0.143 e. The molecule has 0 unspecified atom stereocenters. The van der Waals surface area contributed by atoms with Crippen molar-refractivity contribution >= 4 is 121 Å². The van der Waals surface area contributed by atoms with Gasteiger partial charge in [0.25, 0.3) is 0 Å². The summed E-state index contributed by atoms with van der Waals surface area (Å²) in [6.45, 7) is 0. The molecule has 2 aromatic heterocycles. The Morgan fingerprint density at radius 3 is 1.32 bits per heavy atom. The minimum absolute atomic E-state index is 0.890. The maximum absolute atomic E-state index is 6.64. The van der Waals surface area contributed by atoms with Crippen LogP contribution in [0.1, 0.15) is 0 Å². The molecule has 0 aliphatic rings. The number of furan rings is 2. The predicted molar refractivity (Wildman–Crippen MR) is 260 cm³/mol. The number of hydrogen-bond donors (Lipinski definition) is 0. The fraction of sp³-hybridized carbons (Fsp3) is 0. The molecule has 0 radical (unpaired) electrons. The number of anilines is 6. The van der Waals surface area contributed by atoms with Crippen molar-refractivity contribution in [3.05, 3.63) is 218 Å². The van der Waals surface area contributed by atoms with Crippen molar-refractivity contribution in [2.75, 3.05) is 9.80 Å². The van der Waals surface area contributed by atoms with E-state index in [1.165, 1.54) is 16.2 Å². The van der Waals surface area contributed by atoms with E-state index in [-0.39, 0.29) is 0 Å². The molecular weight excluding hydrogens is 757 g/mol. The molecule has 290 valence electrons. The summed E-state index contributed by atoms with van der Waals surface area (Å²) in [5.41, 5.74) is 9.91. The summed E-state index contributed by atoms with van der Waals surface area (Å²) in [5.74, 6) is 0. The van der Waals surface area contributed by atoms with E-state index < -0.39 is 0 Å². The molecular formula is C58H36N2O2. The van der Waals surface area contributed by atoms with E-state index in [1.807, 2.05) is 12.1 Å². The van der Waals surface area contributed by atoms with E-state index in [0.29, 0.717) is 0 Å². The number of nitrogens with zero attached hydrogens (tertiary/aromatic N) is 2. The molecule has 13 aromatic rings. The molecule has 62 heavy (non-hydrogen) atoms. The Balaban J connectivity index is 1.12. The van der Waals surface area contributed by atoms with Gasteiger partial charge in [0.2, 0.25) is 0 Å². The maximum atomic E-state index is 6.64. The number of para-hydroxylation sites is 4. The standard InChI is InChI=1S/C58H36N2O2/c1-3-16-39(17-4-1)59(51-25-13-23-47-43(51)31-33-49-45-21-9-11-27-54(45)61-57(47)49)41-35-38-30-29-37-15-7-8-20-42(37)56(38)53(36-41)60(40-18-5-2-6-19-40)52-26-14-24-48-44(52)32-34-50-46-22-10-12-28-55(46)62-58(48)50/h1-36H. The zero-order chi connectivity index (χ0) is 40.7. The summed E-state index contributed by atoms with van der Waals surface area (Å²) >= 11 is 0. The lowest BCUT2D eigenvalue weighted by molar-refractivity contribution is 0.672. The van der Waals surface area contributed by atoms with Crippen molar-refractivity contribution in [3.8, 4) is 0 Å². The van der Waals surface area contributed by atoms with Crippen molar-refractivity contribution in [1.29, 1.82) is 0 Å². The SMILES string of the molecule is c1ccc(N(c2cc(N(c3ccccc3)c3cccc4c3ccc3c5ccccc5oc43)c3c(ccc4ccccc43)c2)c2cccc3c2ccc2c4ccccc4oc32)cc1. The third-order valence-electron chi connectivity index (χ3n) is 12.6. The monoisotopic (exact) mass is 792 g/mol. The van der Waals surface area contributed by atoms with E-state index in [0.717, 1.165) is 105 Å². The largest absolute Gasteiger partial charge is 0.455 e. The molecule has 11 aromatic carbocycles. The van der Waals surface area contributed by atoms with Crippen LogP contribution >= 0.6 is 0 Å². The van der Waals surface area contributed by atoms with E-state index in [2.05, 4.69) is 216 Å². The molecule has 4 heteroatoms. The Labute approximate surface area is 356 Å². The van der Waals surface area contributed by atoms with Crippen molar-refractivity contribution in [1.82, 2.24) is 0 Å². The van der Waals surface area contributed by atoms with Gasteiger partial charge >= 0.3 is 0 Å². The summed E-state index contributed by atoms with van der Waals surface area (Å²) in [7, 11) is 0. The second kappa shape index (κ2) is 13.6. The number of rotatable bonds is 6. The Hall–Kier alpha value is -8.34. The van der Waals surface area contributed by atoms with Crippen molar-refractivity contribution < 1.29 is 8.83 Å². The van der Waals surface area contributed by atoms with Gasteiger partial charge in [-0.25, -0.2) is 0 Å². The van der Waals surface area contributed by atoms with Crippen LogP contribution in [0.15, 0.2) is 227 Å². The van der Waals surface area contributed by atoms with Crippen LogP contribution in [-0.2, 0) is 0 Å². The van der Waals surface area contributed by atoms with Crippen molar-refractivity contribution in [2.45, 2.75) is 0 Å². The Bertz CT molecular complexity index is 3890. The topological polar surface area (TPSA) is 32.8 Å². The smallest absolute Gasteiger partial charge is 0.143 e. The van der Waals surface area contributed by atoms with Gasteiger partial charge in [-0.05, 0) is 89.0 Å². The van der Waals surface area contributed by atoms with Gasteiger partial charge in [-0.3, -0.25) is 0 Å². The highest BCUT2D eigenvalue weighted by atomic mass is 16.3. The number of benzene rings is 11. The van der Waals surface area contributed by atoms with E-state index in [9.17, 15) is 0 Å². The highest BCUT2D eigenvalue weighted by molar-refractivity contribution is 6.22. The fourth-order valence-corrected chi connectivity index (χ4v) is 9.84. The molecule has 0 amide bonds. The molecule has 0 N–H and O–H groups in total. The molecule has 0 atom stereocenters. The number of hydrogen-bond acceptors (Lipinski definition) is 4. The van der Waals surface area contributed by atoms with Gasteiger partial charge in [0.1, 0.15) is 22.3 Å². The van der Waals surface area contributed by atoms with Gasteiger partial charge in [-0.1, -0.05) is 146 Å². The van der Waals surface area contributed by atoms with Crippen LogP contribution in [0, 0.1) is 0 Å². The minimum atomic E-state index is 0.890. The molecule has 2 heterocycles. The summed E-state index contributed by atoms with van der Waals surface area (Å²) in [6, 6.07) is 78.2. The van der Waals surface area contributed by atoms with Gasteiger partial charge in [0.15, 0.2) is 0 Å². The first kappa shape index (κ1) is 34.5. The minimum Gasteiger partial charge on any atom is -0.455 e. The van der Waals surface area contributed by atoms with Gasteiger partial charge in [0.05, 0.1) is 17.1 Å². The molecule has 13 rings (SSSR count). The van der Waals surface area contributed by atoms with Crippen molar-refractivity contribution in [3.63, 3.8) is 0 Å². The van der Waals surface area contributed by atoms with Crippen LogP contribution in [-0.4, -0.2) is 0 Å². The van der Waals surface area contributed by atoms with Gasteiger partial charge < -0.3 is 18.6 Å². The molecule has 0 aliphatic heterocycles. The van der Waals surface area contributed by atoms with Gasteiger partial charge in [-0.2, -0.15) is 0 Å². The zero-order valence-electron chi connectivity index (χ0n) is 33.5. The van der Waals surface area contributed by atoms with Crippen molar-refractivity contribution in [2.24, 2.45) is 0 Å². The molecule has 0 aliphatic carbocycles. The predicted octanol–water partition coefficient (Wildman–Crippen LogP) is 17.0. The lowest BCUT2D eigenvalue weighted by atomic mass is 9.96. The fourth-order valence-electron chi connectivity index (χ4n) is 9.84. The third-order valence-corrected chi connectivity index (χ3v) is 12.6. The quantitative estimate of drug-likeness (QED) is 0.157. The van der Waals surface area contributed by atoms with Crippen LogP contribution in [0.5, 0.6) is 0 Å². The average Bonchev–Trinajstić information content (AvgIpc) is 3.92. The van der Waals surface area contributed by atoms with Crippen LogP contribution in [0.2, 0.25) is 0 Å². The van der Waals surface area contributed by atoms with Gasteiger partial charge in [-0.15, -0.1) is 0 Å². The molecule has 0 bridgehead atoms. The van der Waals surface area contributed by atoms with Crippen LogP contribution in [0.3, 0.4) is 0 Å². The third kappa shape index (κ3) is 5.20. The molecule has 0 fully saturated rings. The zero-order valence-corrected chi connectivity index (χ0v) is 33.5. The second-order valence-corrected chi connectivity index (χ2v) is 16.0. The van der Waals surface area contributed by atoms with E-state index >= 15 is 0 Å². The van der Waals surface area contributed by atoms with E-state index in [4.69, 9.17) is 8.83 Å².